The van der Waals surface area contributed by atoms with Crippen molar-refractivity contribution < 1.29 is 27.8 Å². The van der Waals surface area contributed by atoms with Gasteiger partial charge in [0.2, 0.25) is 0 Å². The fourth-order valence-electron chi connectivity index (χ4n) is 8.11. The molecule has 0 spiro atoms. The number of hydrogen-bond acceptors (Lipinski definition) is 12. The minimum atomic E-state index is -0.961. The number of aromatic nitrogens is 3. The van der Waals surface area contributed by atoms with Crippen LogP contribution in [0.4, 0.5) is 24.0 Å². The van der Waals surface area contributed by atoms with E-state index in [-0.39, 0.29) is 81.4 Å². The van der Waals surface area contributed by atoms with Gasteiger partial charge in [0.25, 0.3) is 0 Å². The minimum absolute atomic E-state index is 0.00388. The second-order valence-corrected chi connectivity index (χ2v) is 14.5. The summed E-state index contributed by atoms with van der Waals surface area (Å²) in [5.41, 5.74) is 7.55. The fourth-order valence-corrected chi connectivity index (χ4v) is 9.03. The minimum Gasteiger partial charge on any atom is -0.462 e. The Bertz CT molecular complexity index is 1970. The molecule has 3 N–H and O–H groups in total. The van der Waals surface area contributed by atoms with Crippen molar-refractivity contribution in [1.29, 1.82) is 5.26 Å². The van der Waals surface area contributed by atoms with E-state index in [2.05, 4.69) is 19.8 Å². The van der Waals surface area contributed by atoms with E-state index in [1.165, 1.54) is 0 Å². The molecule has 4 aliphatic heterocycles. The number of benzene rings is 1. The maximum Gasteiger partial charge on any atom is 0.319 e. The lowest BCUT2D eigenvalue weighted by atomic mass is 9.93. The van der Waals surface area contributed by atoms with Crippen molar-refractivity contribution in [3.8, 4) is 23.3 Å². The van der Waals surface area contributed by atoms with Crippen molar-refractivity contribution in [2.45, 2.75) is 69.8 Å². The Morgan fingerprint density at radius 2 is 1.92 bits per heavy atom. The number of hydrogen-bond donors (Lipinski definition) is 2. The van der Waals surface area contributed by atoms with Gasteiger partial charge in [-0.05, 0) is 44.4 Å². The predicted molar refractivity (Wildman–Crippen MR) is 175 cm³/mol. The number of nitrogens with two attached hydrogens (primary N) is 1. The number of likely N-dealkylation sites (N-methyl/N-ethyl adjacent to an activating group) is 1. The molecule has 2 unspecified atom stereocenters. The van der Waals surface area contributed by atoms with Gasteiger partial charge in [0, 0.05) is 55.3 Å². The highest BCUT2D eigenvalue weighted by atomic mass is 32.1. The van der Waals surface area contributed by atoms with Gasteiger partial charge in [-0.1, -0.05) is 0 Å². The number of anilines is 2. The van der Waals surface area contributed by atoms with Crippen molar-refractivity contribution in [3.05, 3.63) is 34.5 Å². The number of halogens is 3. The summed E-state index contributed by atoms with van der Waals surface area (Å²) in [5, 5.41) is 20.8. The zero-order valence-electron chi connectivity index (χ0n) is 26.5. The lowest BCUT2D eigenvalue weighted by Gasteiger charge is -2.42. The number of nitrogen functional groups attached to an aromatic ring is 1. The van der Waals surface area contributed by atoms with Gasteiger partial charge in [0.05, 0.1) is 46.9 Å². The van der Waals surface area contributed by atoms with Crippen LogP contribution in [0.1, 0.15) is 42.9 Å². The van der Waals surface area contributed by atoms with Crippen LogP contribution >= 0.6 is 11.3 Å². The smallest absolute Gasteiger partial charge is 0.319 e. The van der Waals surface area contributed by atoms with E-state index in [4.69, 9.17) is 20.2 Å². The van der Waals surface area contributed by atoms with Gasteiger partial charge in [-0.2, -0.15) is 15.2 Å². The molecule has 8 rings (SSSR count). The second-order valence-electron chi connectivity index (χ2n) is 13.4. The molecule has 3 saturated heterocycles. The number of aliphatic hydroxyl groups is 1. The van der Waals surface area contributed by atoms with Crippen LogP contribution in [-0.4, -0.2) is 100 Å². The van der Waals surface area contributed by atoms with E-state index in [9.17, 15) is 19.1 Å². The summed E-state index contributed by atoms with van der Waals surface area (Å²) in [5.74, 6) is -0.818. The molecule has 1 aromatic carbocycles. The number of rotatable bonds is 7. The number of thiophene rings is 1. The molecule has 0 radical (unpaired) electrons. The average molecular weight is 681 g/mol. The SMILES string of the molecule is C[C@@H](O)CN1CC2CCC(C1)N2c1nc(OC[C@@H]2C[C@@H](F)CN2C)nc2c(F)c(-c3ncc(F)c4sc(N)c(C#N)c34)c3c(c12)COC3. The van der Waals surface area contributed by atoms with Gasteiger partial charge in [0.15, 0.2) is 11.6 Å². The van der Waals surface area contributed by atoms with Crippen LogP contribution in [-0.2, 0) is 18.0 Å². The van der Waals surface area contributed by atoms with Crippen molar-refractivity contribution in [2.75, 3.05) is 50.5 Å². The molecule has 0 saturated carbocycles. The first-order valence-electron chi connectivity index (χ1n) is 16.2. The molecule has 0 amide bonds. The van der Waals surface area contributed by atoms with Gasteiger partial charge in [0.1, 0.15) is 35.2 Å². The second kappa shape index (κ2) is 12.0. The summed E-state index contributed by atoms with van der Waals surface area (Å²) in [6.45, 7) is 4.42. The summed E-state index contributed by atoms with van der Waals surface area (Å²) in [4.78, 5) is 20.3. The topological polar surface area (TPSA) is 137 Å². The van der Waals surface area contributed by atoms with Gasteiger partial charge in [-0.15, -0.1) is 11.3 Å². The molecular formula is C33H35F3N8O3S. The first kappa shape index (κ1) is 31.5. The Hall–Kier alpha value is -3.81. The van der Waals surface area contributed by atoms with Crippen LogP contribution in [0.3, 0.4) is 0 Å². The fraction of sp³-hybridized carbons (Fsp3) is 0.515. The zero-order valence-corrected chi connectivity index (χ0v) is 27.4. The van der Waals surface area contributed by atoms with E-state index < -0.39 is 23.9 Å². The van der Waals surface area contributed by atoms with Gasteiger partial charge < -0.3 is 25.2 Å². The maximum atomic E-state index is 17.3. The van der Waals surface area contributed by atoms with Crippen LogP contribution < -0.4 is 15.4 Å². The Labute approximate surface area is 278 Å². The van der Waals surface area contributed by atoms with Crippen molar-refractivity contribution in [3.63, 3.8) is 0 Å². The number of fused-ring (bicyclic) bond motifs is 6. The van der Waals surface area contributed by atoms with E-state index in [0.717, 1.165) is 30.4 Å². The number of pyridine rings is 1. The van der Waals surface area contributed by atoms with E-state index >= 15 is 4.39 Å². The molecule has 15 heteroatoms. The molecule has 5 atom stereocenters. The molecule has 252 valence electrons. The molecule has 0 aliphatic carbocycles. The van der Waals surface area contributed by atoms with Crippen molar-refractivity contribution in [2.24, 2.45) is 0 Å². The average Bonchev–Trinajstić information content (AvgIpc) is 3.80. The number of β-amino-alcohol motifs (C(OH)–C–C–N with tert-alkyl or cyclic N) is 1. The summed E-state index contributed by atoms with van der Waals surface area (Å²) < 4.78 is 58.7. The first-order chi connectivity index (χ1) is 23.1. The Morgan fingerprint density at radius 1 is 1.17 bits per heavy atom. The van der Waals surface area contributed by atoms with Crippen LogP contribution in [0.2, 0.25) is 0 Å². The molecule has 3 aromatic heterocycles. The number of nitriles is 1. The van der Waals surface area contributed by atoms with Crippen molar-refractivity contribution >= 4 is 43.1 Å². The number of ether oxygens (including phenoxy) is 2. The molecule has 7 heterocycles. The summed E-state index contributed by atoms with van der Waals surface area (Å²) >= 11 is 0.919. The highest BCUT2D eigenvalue weighted by Gasteiger charge is 2.43. The molecule has 4 aliphatic rings. The molecule has 3 fully saturated rings. The first-order valence-corrected chi connectivity index (χ1v) is 17.0. The predicted octanol–water partition coefficient (Wildman–Crippen LogP) is 4.12. The van der Waals surface area contributed by atoms with Crippen molar-refractivity contribution in [1.82, 2.24) is 24.8 Å². The third-order valence-electron chi connectivity index (χ3n) is 10.2. The summed E-state index contributed by atoms with van der Waals surface area (Å²) in [7, 11) is 1.84. The standard InChI is InChI=1S/C33H35F3N8O3S/c1-15(45)8-43-10-17-3-4-18(11-43)44(17)32-26-22-14-46-13-21(22)24(28-25-20(6-37)31(38)48-30(25)23(35)7-39-28)27(36)29(26)40-33(41-32)47-12-19-5-16(34)9-42(19)2/h7,15-19,45H,3-5,8-14,38H2,1-2H3/t15-,16-,17?,18?,19+/m1/s1. The van der Waals surface area contributed by atoms with E-state index in [0.29, 0.717) is 54.9 Å². The van der Waals surface area contributed by atoms with Crippen LogP contribution in [0.5, 0.6) is 6.01 Å². The number of alkyl halides is 1. The monoisotopic (exact) mass is 680 g/mol. The van der Waals surface area contributed by atoms with Gasteiger partial charge in [-0.25, -0.2) is 13.2 Å². The van der Waals surface area contributed by atoms with E-state index in [1.54, 1.807) is 6.92 Å². The lowest BCUT2D eigenvalue weighted by Crippen LogP contribution is -2.55. The Morgan fingerprint density at radius 3 is 2.60 bits per heavy atom. The quantitative estimate of drug-likeness (QED) is 0.292. The summed E-state index contributed by atoms with van der Waals surface area (Å²) in [6.07, 6.45) is 1.71. The van der Waals surface area contributed by atoms with Crippen LogP contribution in [0.15, 0.2) is 6.20 Å². The van der Waals surface area contributed by atoms with Gasteiger partial charge in [-0.3, -0.25) is 14.8 Å². The third kappa shape index (κ3) is 5.04. The number of nitrogens with zero attached hydrogens (tertiary/aromatic N) is 7. The molecule has 4 aromatic rings. The molecule has 11 nitrogen and oxygen atoms in total. The maximum absolute atomic E-state index is 17.3. The lowest BCUT2D eigenvalue weighted by molar-refractivity contribution is 0.111. The summed E-state index contributed by atoms with van der Waals surface area (Å²) in [6, 6.07) is 1.95. The van der Waals surface area contributed by atoms with Crippen LogP contribution in [0, 0.1) is 23.0 Å². The molecule has 48 heavy (non-hydrogen) atoms. The highest BCUT2D eigenvalue weighted by molar-refractivity contribution is 7.23. The normalized spacial score (nSPS) is 24.9. The molecular weight excluding hydrogens is 645 g/mol. The Kier molecular flexibility index (Phi) is 7.84. The Balaban J connectivity index is 1.33. The number of aliphatic hydroxyl groups excluding tert-OH is 1. The number of piperazine rings is 1. The van der Waals surface area contributed by atoms with Crippen LogP contribution in [0.25, 0.3) is 32.2 Å². The third-order valence-corrected chi connectivity index (χ3v) is 11.2. The number of likely N-dealkylation sites (tertiary alicyclic amines) is 2. The largest absolute Gasteiger partial charge is 0.462 e. The highest BCUT2D eigenvalue weighted by Crippen LogP contribution is 2.48. The molecule has 2 bridgehead atoms. The zero-order chi connectivity index (χ0) is 33.4. The van der Waals surface area contributed by atoms with E-state index in [1.807, 2.05) is 18.0 Å². The van der Waals surface area contributed by atoms with Gasteiger partial charge >= 0.3 is 6.01 Å².